The van der Waals surface area contributed by atoms with Gasteiger partial charge in [0.1, 0.15) is 10.8 Å². The third-order valence-corrected chi connectivity index (χ3v) is 3.24. The number of hydrogen-bond acceptors (Lipinski definition) is 3. The monoisotopic (exact) mass is 291 g/mol. The van der Waals surface area contributed by atoms with Crippen LogP contribution in [0.5, 0.6) is 0 Å². The molecule has 1 aromatic heterocycles. The van der Waals surface area contributed by atoms with Crippen molar-refractivity contribution in [2.24, 2.45) is 5.73 Å². The normalized spacial score (nSPS) is 10.6. The molecule has 0 atom stereocenters. The zero-order valence-electron chi connectivity index (χ0n) is 11.2. The fourth-order valence-corrected chi connectivity index (χ4v) is 2.11. The van der Waals surface area contributed by atoms with E-state index in [4.69, 9.17) is 18.0 Å². The number of halogens is 1. The number of thiocarbonyl (C=S) groups is 1. The summed E-state index contributed by atoms with van der Waals surface area (Å²) in [7, 11) is 0. The molecule has 2 N–H and O–H groups in total. The Morgan fingerprint density at radius 3 is 2.70 bits per heavy atom. The molecule has 0 aliphatic rings. The Kier molecular flexibility index (Phi) is 3.94. The molecule has 0 unspecified atom stereocenters. The number of hydrogen-bond donors (Lipinski definition) is 1. The van der Waals surface area contributed by atoms with Gasteiger partial charge in [0.2, 0.25) is 0 Å². The van der Waals surface area contributed by atoms with E-state index >= 15 is 0 Å². The van der Waals surface area contributed by atoms with Crippen LogP contribution in [0, 0.1) is 19.7 Å². The third-order valence-electron chi connectivity index (χ3n) is 3.01. The van der Waals surface area contributed by atoms with Crippen LogP contribution in [0.3, 0.4) is 0 Å². The van der Waals surface area contributed by atoms with Crippen molar-refractivity contribution in [3.05, 3.63) is 63.1 Å². The third kappa shape index (κ3) is 2.91. The van der Waals surface area contributed by atoms with Crippen LogP contribution in [-0.4, -0.2) is 14.5 Å². The molecular weight excluding hydrogens is 277 g/mol. The zero-order valence-corrected chi connectivity index (χ0v) is 12.0. The second-order valence-corrected chi connectivity index (χ2v) is 5.02. The highest BCUT2D eigenvalue weighted by Gasteiger charge is 2.09. The first kappa shape index (κ1) is 14.3. The molecule has 0 fully saturated rings. The Balaban J connectivity index is 2.47. The van der Waals surface area contributed by atoms with Crippen LogP contribution >= 0.6 is 12.2 Å². The first-order valence-corrected chi connectivity index (χ1v) is 6.42. The second-order valence-electron chi connectivity index (χ2n) is 4.58. The lowest BCUT2D eigenvalue weighted by molar-refractivity contribution is 0.588. The number of nitrogens with two attached hydrogens (primary N) is 1. The molecule has 0 radical (unpaired) electrons. The molecule has 0 spiro atoms. The molecule has 0 saturated carbocycles. The summed E-state index contributed by atoms with van der Waals surface area (Å²) >= 11 is 4.87. The van der Waals surface area contributed by atoms with Crippen molar-refractivity contribution in [3.63, 3.8) is 0 Å². The average molecular weight is 291 g/mol. The largest absolute Gasteiger partial charge is 0.389 e. The van der Waals surface area contributed by atoms with Crippen LogP contribution in [0.25, 0.3) is 0 Å². The number of nitrogens with zero attached hydrogens (tertiary/aromatic N) is 2. The lowest BCUT2D eigenvalue weighted by Crippen LogP contribution is -2.26. The number of benzene rings is 1. The Bertz CT molecular complexity index is 740. The summed E-state index contributed by atoms with van der Waals surface area (Å²) in [6.45, 7) is 3.62. The van der Waals surface area contributed by atoms with E-state index in [2.05, 4.69) is 4.98 Å². The quantitative estimate of drug-likeness (QED) is 0.874. The van der Waals surface area contributed by atoms with Crippen LogP contribution < -0.4 is 11.4 Å². The van der Waals surface area contributed by atoms with E-state index in [9.17, 15) is 9.18 Å². The van der Waals surface area contributed by atoms with Gasteiger partial charge in [0.05, 0.1) is 6.54 Å². The predicted octanol–water partition coefficient (Wildman–Crippen LogP) is 1.68. The van der Waals surface area contributed by atoms with Crippen LogP contribution in [0.15, 0.2) is 29.1 Å². The Hall–Kier alpha value is -2.08. The highest BCUT2D eigenvalue weighted by Crippen LogP contribution is 2.12. The number of rotatable bonds is 3. The molecule has 0 aliphatic heterocycles. The minimum atomic E-state index is -0.406. The van der Waals surface area contributed by atoms with Gasteiger partial charge in [-0.05, 0) is 38.1 Å². The van der Waals surface area contributed by atoms with Crippen molar-refractivity contribution in [2.75, 3.05) is 0 Å². The summed E-state index contributed by atoms with van der Waals surface area (Å²) in [5, 5.41) is 0. The highest BCUT2D eigenvalue weighted by molar-refractivity contribution is 7.80. The molecule has 1 heterocycles. The Morgan fingerprint density at radius 1 is 1.40 bits per heavy atom. The molecule has 20 heavy (non-hydrogen) atoms. The standard InChI is InChI=1S/C14H14FN3OS/c1-8-5-9(2)18(14(19)17-8)7-11-6-10(13(16)20)3-4-12(11)15/h3-6H,7H2,1-2H3,(H2,16,20). The molecule has 0 aliphatic carbocycles. The molecule has 104 valence electrons. The van der Waals surface area contributed by atoms with Crippen LogP contribution in [0.2, 0.25) is 0 Å². The lowest BCUT2D eigenvalue weighted by Gasteiger charge is -2.11. The SMILES string of the molecule is Cc1cc(C)n(Cc2cc(C(N)=S)ccc2F)c(=O)n1. The van der Waals surface area contributed by atoms with Crippen LogP contribution in [-0.2, 0) is 6.54 Å². The van der Waals surface area contributed by atoms with Gasteiger partial charge >= 0.3 is 5.69 Å². The van der Waals surface area contributed by atoms with Crippen LogP contribution in [0.1, 0.15) is 22.5 Å². The van der Waals surface area contributed by atoms with Crippen molar-refractivity contribution < 1.29 is 4.39 Å². The van der Waals surface area contributed by atoms with Crippen molar-refractivity contribution >= 4 is 17.2 Å². The van der Waals surface area contributed by atoms with Gasteiger partial charge in [-0.2, -0.15) is 4.98 Å². The van der Waals surface area contributed by atoms with Gasteiger partial charge in [0.15, 0.2) is 0 Å². The molecule has 0 bridgehead atoms. The minimum Gasteiger partial charge on any atom is -0.389 e. The molecule has 0 amide bonds. The van der Waals surface area contributed by atoms with E-state index in [0.29, 0.717) is 16.8 Å². The minimum absolute atomic E-state index is 0.0975. The van der Waals surface area contributed by atoms with E-state index in [-0.39, 0.29) is 11.5 Å². The smallest absolute Gasteiger partial charge is 0.348 e. The summed E-state index contributed by atoms with van der Waals surface area (Å²) in [5.41, 5.74) is 7.42. The molecule has 6 heteroatoms. The fourth-order valence-electron chi connectivity index (χ4n) is 1.99. The maximum Gasteiger partial charge on any atom is 0.348 e. The van der Waals surface area contributed by atoms with Gasteiger partial charge in [-0.25, -0.2) is 9.18 Å². The predicted molar refractivity (Wildman–Crippen MR) is 79.4 cm³/mol. The number of aryl methyl sites for hydroxylation is 2. The van der Waals surface area contributed by atoms with Gasteiger partial charge in [-0.1, -0.05) is 12.2 Å². The molecule has 1 aromatic carbocycles. The maximum absolute atomic E-state index is 13.8. The molecule has 0 saturated heterocycles. The first-order chi connectivity index (χ1) is 9.38. The fraction of sp³-hybridized carbons (Fsp3) is 0.214. The van der Waals surface area contributed by atoms with E-state index in [0.717, 1.165) is 5.69 Å². The average Bonchev–Trinajstić information content (AvgIpc) is 2.35. The van der Waals surface area contributed by atoms with E-state index in [1.54, 1.807) is 26.0 Å². The zero-order chi connectivity index (χ0) is 14.9. The Labute approximate surface area is 121 Å². The van der Waals surface area contributed by atoms with Gasteiger partial charge in [0, 0.05) is 22.5 Å². The van der Waals surface area contributed by atoms with Crippen molar-refractivity contribution in [2.45, 2.75) is 20.4 Å². The summed E-state index contributed by atoms with van der Waals surface area (Å²) in [4.78, 5) is 15.9. The summed E-state index contributed by atoms with van der Waals surface area (Å²) in [6, 6.07) is 6.15. The van der Waals surface area contributed by atoms with Gasteiger partial charge < -0.3 is 5.73 Å². The van der Waals surface area contributed by atoms with Gasteiger partial charge in [0.25, 0.3) is 0 Å². The molecule has 4 nitrogen and oxygen atoms in total. The molecule has 2 aromatic rings. The van der Waals surface area contributed by atoms with Crippen molar-refractivity contribution in [1.82, 2.24) is 9.55 Å². The Morgan fingerprint density at radius 2 is 2.10 bits per heavy atom. The second kappa shape index (κ2) is 5.50. The van der Waals surface area contributed by atoms with E-state index in [1.807, 2.05) is 0 Å². The summed E-state index contributed by atoms with van der Waals surface area (Å²) < 4.78 is 15.3. The molecular formula is C14H14FN3OS. The number of aromatic nitrogens is 2. The summed E-state index contributed by atoms with van der Waals surface area (Å²) in [5.74, 6) is -0.406. The van der Waals surface area contributed by atoms with Gasteiger partial charge in [-0.15, -0.1) is 0 Å². The maximum atomic E-state index is 13.8. The first-order valence-electron chi connectivity index (χ1n) is 6.02. The van der Waals surface area contributed by atoms with Gasteiger partial charge in [-0.3, -0.25) is 4.57 Å². The lowest BCUT2D eigenvalue weighted by atomic mass is 10.1. The molecule has 2 rings (SSSR count). The highest BCUT2D eigenvalue weighted by atomic mass is 32.1. The van der Waals surface area contributed by atoms with E-state index < -0.39 is 11.5 Å². The van der Waals surface area contributed by atoms with Crippen LogP contribution in [0.4, 0.5) is 4.39 Å². The van der Waals surface area contributed by atoms with Crippen molar-refractivity contribution in [3.8, 4) is 0 Å². The van der Waals surface area contributed by atoms with E-state index in [1.165, 1.54) is 16.7 Å². The topological polar surface area (TPSA) is 60.9 Å². The summed E-state index contributed by atoms with van der Waals surface area (Å²) in [6.07, 6.45) is 0. The van der Waals surface area contributed by atoms with Crippen molar-refractivity contribution in [1.29, 1.82) is 0 Å².